The van der Waals surface area contributed by atoms with Gasteiger partial charge in [-0.1, -0.05) is 43.6 Å². The zero-order chi connectivity index (χ0) is 20.5. The molecule has 26 heavy (non-hydrogen) atoms. The number of hydrogen-bond donors (Lipinski definition) is 2. The molecule has 0 aromatic heterocycles. The molecule has 0 saturated carbocycles. The van der Waals surface area contributed by atoms with Gasteiger partial charge in [0.2, 0.25) is 0 Å². The summed E-state index contributed by atoms with van der Waals surface area (Å²) in [5.41, 5.74) is 2.67. The molecule has 0 rings (SSSR count). The van der Waals surface area contributed by atoms with Crippen molar-refractivity contribution in [3.05, 3.63) is 23.3 Å². The molecule has 0 aromatic rings. The van der Waals surface area contributed by atoms with E-state index in [0.29, 0.717) is 12.3 Å². The van der Waals surface area contributed by atoms with Gasteiger partial charge in [-0.3, -0.25) is 9.59 Å². The molecule has 0 bridgehead atoms. The Balaban J connectivity index is 0. The van der Waals surface area contributed by atoms with Crippen LogP contribution in [0.4, 0.5) is 0 Å². The van der Waals surface area contributed by atoms with E-state index in [9.17, 15) is 9.59 Å². The summed E-state index contributed by atoms with van der Waals surface area (Å²) in [6.07, 6.45) is 11.1. The SMILES string of the molecule is CC(C)=CCCC(C)CC(=O)O.CC(C)=CCCC(C)CCCC(=O)O. The van der Waals surface area contributed by atoms with Crippen molar-refractivity contribution >= 4 is 11.9 Å². The summed E-state index contributed by atoms with van der Waals surface area (Å²) < 4.78 is 0. The van der Waals surface area contributed by atoms with Gasteiger partial charge < -0.3 is 10.2 Å². The summed E-state index contributed by atoms with van der Waals surface area (Å²) in [5.74, 6) is -0.441. The van der Waals surface area contributed by atoms with Gasteiger partial charge in [0.05, 0.1) is 0 Å². The molecular formula is C22H40O4. The van der Waals surface area contributed by atoms with Crippen LogP contribution in [0.25, 0.3) is 0 Å². The Morgan fingerprint density at radius 3 is 1.62 bits per heavy atom. The Kier molecular flexibility index (Phi) is 17.3. The monoisotopic (exact) mass is 368 g/mol. The zero-order valence-electron chi connectivity index (χ0n) is 17.7. The van der Waals surface area contributed by atoms with Gasteiger partial charge in [-0.25, -0.2) is 0 Å². The predicted molar refractivity (Wildman–Crippen MR) is 109 cm³/mol. The fourth-order valence-electron chi connectivity index (χ4n) is 2.46. The molecule has 152 valence electrons. The van der Waals surface area contributed by atoms with Crippen LogP contribution in [0.15, 0.2) is 23.3 Å². The van der Waals surface area contributed by atoms with Crippen LogP contribution in [0.5, 0.6) is 0 Å². The molecule has 0 saturated heterocycles. The van der Waals surface area contributed by atoms with Gasteiger partial charge in [0.1, 0.15) is 0 Å². The average Bonchev–Trinajstić information content (AvgIpc) is 2.45. The van der Waals surface area contributed by atoms with Crippen molar-refractivity contribution in [1.29, 1.82) is 0 Å². The highest BCUT2D eigenvalue weighted by Gasteiger charge is 2.05. The minimum Gasteiger partial charge on any atom is -0.481 e. The lowest BCUT2D eigenvalue weighted by Gasteiger charge is -2.08. The first-order chi connectivity index (χ1) is 12.0. The molecule has 2 N–H and O–H groups in total. The third kappa shape index (κ3) is 24.7. The maximum absolute atomic E-state index is 10.3. The topological polar surface area (TPSA) is 74.6 Å². The van der Waals surface area contributed by atoms with E-state index in [4.69, 9.17) is 10.2 Å². The van der Waals surface area contributed by atoms with Crippen molar-refractivity contribution in [2.75, 3.05) is 0 Å². The van der Waals surface area contributed by atoms with Gasteiger partial charge in [0.15, 0.2) is 0 Å². The molecule has 0 amide bonds. The largest absolute Gasteiger partial charge is 0.481 e. The van der Waals surface area contributed by atoms with E-state index in [2.05, 4.69) is 46.8 Å². The summed E-state index contributed by atoms with van der Waals surface area (Å²) in [7, 11) is 0. The van der Waals surface area contributed by atoms with Crippen LogP contribution in [-0.2, 0) is 9.59 Å². The third-order valence-corrected chi connectivity index (χ3v) is 4.03. The molecule has 0 aliphatic heterocycles. The zero-order valence-corrected chi connectivity index (χ0v) is 17.7. The number of aliphatic carboxylic acids is 2. The highest BCUT2D eigenvalue weighted by Crippen LogP contribution is 2.15. The lowest BCUT2D eigenvalue weighted by Crippen LogP contribution is -2.03. The van der Waals surface area contributed by atoms with Crippen LogP contribution in [0.2, 0.25) is 0 Å². The minimum atomic E-state index is -0.695. The smallest absolute Gasteiger partial charge is 0.303 e. The second-order valence-corrected chi connectivity index (χ2v) is 7.81. The third-order valence-electron chi connectivity index (χ3n) is 4.03. The van der Waals surface area contributed by atoms with E-state index in [1.165, 1.54) is 17.6 Å². The minimum absolute atomic E-state index is 0.288. The van der Waals surface area contributed by atoms with Crippen LogP contribution >= 0.6 is 0 Å². The molecule has 2 atom stereocenters. The summed E-state index contributed by atoms with van der Waals surface area (Å²) in [5, 5.41) is 16.9. The predicted octanol–water partition coefficient (Wildman–Crippen LogP) is 6.47. The van der Waals surface area contributed by atoms with Crippen LogP contribution in [0.3, 0.4) is 0 Å². The van der Waals surface area contributed by atoms with Gasteiger partial charge in [0.25, 0.3) is 0 Å². The molecule has 0 spiro atoms. The number of carbonyl (C=O) groups is 2. The van der Waals surface area contributed by atoms with Crippen molar-refractivity contribution in [3.8, 4) is 0 Å². The number of carboxylic acids is 2. The van der Waals surface area contributed by atoms with Crippen molar-refractivity contribution < 1.29 is 19.8 Å². The van der Waals surface area contributed by atoms with Crippen molar-refractivity contribution in [3.63, 3.8) is 0 Å². The second-order valence-electron chi connectivity index (χ2n) is 7.81. The van der Waals surface area contributed by atoms with E-state index < -0.39 is 11.9 Å². The number of hydrogen-bond acceptors (Lipinski definition) is 2. The molecule has 0 fully saturated rings. The van der Waals surface area contributed by atoms with Crippen LogP contribution in [-0.4, -0.2) is 22.2 Å². The highest BCUT2D eigenvalue weighted by atomic mass is 16.4. The molecule has 2 unspecified atom stereocenters. The van der Waals surface area contributed by atoms with E-state index in [1.807, 2.05) is 6.92 Å². The summed E-state index contributed by atoms with van der Waals surface area (Å²) in [6.45, 7) is 12.5. The number of rotatable bonds is 12. The maximum atomic E-state index is 10.3. The maximum Gasteiger partial charge on any atom is 0.303 e. The molecule has 0 aliphatic carbocycles. The van der Waals surface area contributed by atoms with Gasteiger partial charge in [0, 0.05) is 12.8 Å². The number of carboxylic acid groups (broad SMARTS) is 2. The van der Waals surface area contributed by atoms with E-state index >= 15 is 0 Å². The quantitative estimate of drug-likeness (QED) is 0.387. The van der Waals surface area contributed by atoms with E-state index in [-0.39, 0.29) is 12.3 Å². The van der Waals surface area contributed by atoms with Crippen molar-refractivity contribution in [2.45, 2.75) is 92.9 Å². The van der Waals surface area contributed by atoms with E-state index in [1.54, 1.807) is 0 Å². The first-order valence-electron chi connectivity index (χ1n) is 9.74. The van der Waals surface area contributed by atoms with Crippen molar-refractivity contribution in [1.82, 2.24) is 0 Å². The summed E-state index contributed by atoms with van der Waals surface area (Å²) in [6, 6.07) is 0. The molecule has 0 aromatic carbocycles. The first-order valence-corrected chi connectivity index (χ1v) is 9.74. The summed E-state index contributed by atoms with van der Waals surface area (Å²) in [4.78, 5) is 20.6. The van der Waals surface area contributed by atoms with Crippen LogP contribution in [0, 0.1) is 11.8 Å². The standard InChI is InChI=1S/C12H22O2.C10H18O2/c1-10(2)6-4-7-11(3)8-5-9-12(13)14;1-8(2)5-4-6-9(3)7-10(11)12/h6,11H,4-5,7-9H2,1-3H3,(H,13,14);5,9H,4,6-7H2,1-3H3,(H,11,12). The lowest BCUT2D eigenvalue weighted by atomic mass is 9.98. The Labute approximate surface area is 160 Å². The Hall–Kier alpha value is -1.58. The normalized spacial score (nSPS) is 12.2. The van der Waals surface area contributed by atoms with Crippen LogP contribution < -0.4 is 0 Å². The highest BCUT2D eigenvalue weighted by molar-refractivity contribution is 5.67. The Morgan fingerprint density at radius 1 is 0.769 bits per heavy atom. The van der Waals surface area contributed by atoms with E-state index in [0.717, 1.165) is 32.1 Å². The van der Waals surface area contributed by atoms with Gasteiger partial charge in [-0.15, -0.1) is 0 Å². The van der Waals surface area contributed by atoms with Gasteiger partial charge in [-0.05, 0) is 71.6 Å². The lowest BCUT2D eigenvalue weighted by molar-refractivity contribution is -0.138. The van der Waals surface area contributed by atoms with Gasteiger partial charge >= 0.3 is 11.9 Å². The van der Waals surface area contributed by atoms with Crippen LogP contribution in [0.1, 0.15) is 92.9 Å². The Morgan fingerprint density at radius 2 is 1.23 bits per heavy atom. The Bertz CT molecular complexity index is 441. The summed E-state index contributed by atoms with van der Waals surface area (Å²) >= 11 is 0. The molecular weight excluding hydrogens is 328 g/mol. The van der Waals surface area contributed by atoms with Gasteiger partial charge in [-0.2, -0.15) is 0 Å². The molecule has 0 radical (unpaired) electrons. The molecule has 4 nitrogen and oxygen atoms in total. The number of allylic oxidation sites excluding steroid dienone is 4. The fourth-order valence-corrected chi connectivity index (χ4v) is 2.46. The van der Waals surface area contributed by atoms with Crippen molar-refractivity contribution in [2.24, 2.45) is 11.8 Å². The molecule has 0 aliphatic rings. The average molecular weight is 369 g/mol. The fraction of sp³-hybridized carbons (Fsp3) is 0.727. The molecule has 0 heterocycles. The molecule has 4 heteroatoms. The first kappa shape index (κ1) is 26.6. The second kappa shape index (κ2) is 16.9.